The fraction of sp³-hybridized carbons (Fsp3) is 0.200. The summed E-state index contributed by atoms with van der Waals surface area (Å²) < 4.78 is 5.50. The topological polar surface area (TPSA) is 13.1 Å². The molecule has 1 heteroatoms. The standard InChI is InChI=1S/C15H14O/c1-3-14-10-11-15(16-14)9-8-13-6-4-12(2)5-7-13/h4-7,10-11H,3H2,1-2H3. The first-order chi connectivity index (χ1) is 7.78. The van der Waals surface area contributed by atoms with Crippen LogP contribution in [-0.2, 0) is 6.42 Å². The van der Waals surface area contributed by atoms with Crippen LogP contribution < -0.4 is 0 Å². The van der Waals surface area contributed by atoms with Gasteiger partial charge in [0.2, 0.25) is 0 Å². The SMILES string of the molecule is CCc1ccc(C#Cc2ccc(C)cc2)o1. The number of benzene rings is 1. The molecule has 0 bridgehead atoms. The highest BCUT2D eigenvalue weighted by atomic mass is 16.3. The number of aryl methyl sites for hydroxylation is 2. The predicted molar refractivity (Wildman–Crippen MR) is 65.2 cm³/mol. The predicted octanol–water partition coefficient (Wildman–Crippen LogP) is 3.55. The van der Waals surface area contributed by atoms with Gasteiger partial charge in [-0.3, -0.25) is 0 Å². The van der Waals surface area contributed by atoms with Gasteiger partial charge < -0.3 is 4.42 Å². The van der Waals surface area contributed by atoms with Gasteiger partial charge in [-0.1, -0.05) is 30.5 Å². The Balaban J connectivity index is 2.18. The molecule has 1 nitrogen and oxygen atoms in total. The molecule has 0 aliphatic heterocycles. The van der Waals surface area contributed by atoms with Gasteiger partial charge in [-0.15, -0.1) is 0 Å². The Morgan fingerprint density at radius 3 is 2.38 bits per heavy atom. The molecular weight excluding hydrogens is 196 g/mol. The molecule has 1 heterocycles. The second-order valence-electron chi connectivity index (χ2n) is 3.74. The van der Waals surface area contributed by atoms with E-state index in [4.69, 9.17) is 4.42 Å². The summed E-state index contributed by atoms with van der Waals surface area (Å²) in [5.41, 5.74) is 2.26. The van der Waals surface area contributed by atoms with Gasteiger partial charge >= 0.3 is 0 Å². The molecule has 2 aromatic rings. The van der Waals surface area contributed by atoms with Gasteiger partial charge in [0.05, 0.1) is 0 Å². The first-order valence-corrected chi connectivity index (χ1v) is 5.45. The molecule has 0 aliphatic rings. The van der Waals surface area contributed by atoms with E-state index in [9.17, 15) is 0 Å². The molecule has 0 saturated carbocycles. The van der Waals surface area contributed by atoms with Gasteiger partial charge in [-0.25, -0.2) is 0 Å². The van der Waals surface area contributed by atoms with Crippen LogP contribution in [0.25, 0.3) is 0 Å². The Kier molecular flexibility index (Phi) is 3.12. The van der Waals surface area contributed by atoms with Crippen molar-refractivity contribution < 1.29 is 4.42 Å². The van der Waals surface area contributed by atoms with Crippen LogP contribution in [0, 0.1) is 18.8 Å². The molecule has 0 N–H and O–H groups in total. The second kappa shape index (κ2) is 4.72. The highest BCUT2D eigenvalue weighted by Gasteiger charge is 1.95. The van der Waals surface area contributed by atoms with Gasteiger partial charge in [0.25, 0.3) is 0 Å². The minimum atomic E-state index is 0.734. The Hall–Kier alpha value is -1.94. The van der Waals surface area contributed by atoms with Crippen LogP contribution in [-0.4, -0.2) is 0 Å². The van der Waals surface area contributed by atoms with Crippen molar-refractivity contribution in [2.24, 2.45) is 0 Å². The fourth-order valence-corrected chi connectivity index (χ4v) is 1.41. The monoisotopic (exact) mass is 210 g/mol. The molecular formula is C15H14O. The van der Waals surface area contributed by atoms with Gasteiger partial charge in [0.1, 0.15) is 5.76 Å². The maximum absolute atomic E-state index is 5.50. The van der Waals surface area contributed by atoms with Crippen molar-refractivity contribution in [1.82, 2.24) is 0 Å². The third-order valence-electron chi connectivity index (χ3n) is 2.39. The zero-order chi connectivity index (χ0) is 11.4. The van der Waals surface area contributed by atoms with Crippen molar-refractivity contribution in [3.8, 4) is 11.8 Å². The van der Waals surface area contributed by atoms with Crippen molar-refractivity contribution in [3.63, 3.8) is 0 Å². The zero-order valence-electron chi connectivity index (χ0n) is 9.58. The smallest absolute Gasteiger partial charge is 0.177 e. The van der Waals surface area contributed by atoms with Crippen LogP contribution in [0.4, 0.5) is 0 Å². The molecule has 1 aromatic carbocycles. The van der Waals surface area contributed by atoms with Crippen molar-refractivity contribution >= 4 is 0 Å². The van der Waals surface area contributed by atoms with E-state index in [0.29, 0.717) is 0 Å². The van der Waals surface area contributed by atoms with Gasteiger partial charge in [-0.05, 0) is 37.1 Å². The fourth-order valence-electron chi connectivity index (χ4n) is 1.41. The van der Waals surface area contributed by atoms with Crippen molar-refractivity contribution in [3.05, 3.63) is 59.0 Å². The molecule has 0 aliphatic carbocycles. The maximum atomic E-state index is 5.50. The Morgan fingerprint density at radius 1 is 1.00 bits per heavy atom. The summed E-state index contributed by atoms with van der Waals surface area (Å²) in [4.78, 5) is 0. The molecule has 80 valence electrons. The minimum absolute atomic E-state index is 0.734. The summed E-state index contributed by atoms with van der Waals surface area (Å²) in [6.07, 6.45) is 0.909. The van der Waals surface area contributed by atoms with E-state index in [-0.39, 0.29) is 0 Å². The van der Waals surface area contributed by atoms with E-state index in [0.717, 1.165) is 23.5 Å². The Morgan fingerprint density at radius 2 is 1.75 bits per heavy atom. The highest BCUT2D eigenvalue weighted by molar-refractivity contribution is 5.40. The first kappa shape index (κ1) is 10.6. The summed E-state index contributed by atoms with van der Waals surface area (Å²) in [6, 6.07) is 12.0. The molecule has 0 saturated heterocycles. The molecule has 1 aromatic heterocycles. The molecule has 0 fully saturated rings. The van der Waals surface area contributed by atoms with Crippen LogP contribution in [0.1, 0.15) is 29.6 Å². The molecule has 0 amide bonds. The lowest BCUT2D eigenvalue weighted by Gasteiger charge is -1.91. The Labute approximate surface area is 96.1 Å². The third-order valence-corrected chi connectivity index (χ3v) is 2.39. The molecule has 0 atom stereocenters. The largest absolute Gasteiger partial charge is 0.453 e. The lowest BCUT2D eigenvalue weighted by Crippen LogP contribution is -1.75. The summed E-state index contributed by atoms with van der Waals surface area (Å²) in [5.74, 6) is 7.81. The zero-order valence-corrected chi connectivity index (χ0v) is 9.58. The van der Waals surface area contributed by atoms with Crippen molar-refractivity contribution in [1.29, 1.82) is 0 Å². The number of furan rings is 1. The number of hydrogen-bond acceptors (Lipinski definition) is 1. The van der Waals surface area contributed by atoms with E-state index in [1.54, 1.807) is 0 Å². The van der Waals surface area contributed by atoms with E-state index >= 15 is 0 Å². The second-order valence-corrected chi connectivity index (χ2v) is 3.74. The summed E-state index contributed by atoms with van der Waals surface area (Å²) in [5, 5.41) is 0. The van der Waals surface area contributed by atoms with Crippen LogP contribution in [0.2, 0.25) is 0 Å². The number of rotatable bonds is 1. The minimum Gasteiger partial charge on any atom is -0.453 e. The van der Waals surface area contributed by atoms with E-state index in [1.165, 1.54) is 5.56 Å². The van der Waals surface area contributed by atoms with Gasteiger partial charge in [-0.2, -0.15) is 0 Å². The summed E-state index contributed by atoms with van der Waals surface area (Å²) >= 11 is 0. The quantitative estimate of drug-likeness (QED) is 0.656. The van der Waals surface area contributed by atoms with Crippen LogP contribution >= 0.6 is 0 Å². The molecule has 0 radical (unpaired) electrons. The average molecular weight is 210 g/mol. The van der Waals surface area contributed by atoms with Gasteiger partial charge in [0.15, 0.2) is 5.76 Å². The highest BCUT2D eigenvalue weighted by Crippen LogP contribution is 2.07. The summed E-state index contributed by atoms with van der Waals surface area (Å²) in [7, 11) is 0. The van der Waals surface area contributed by atoms with Crippen molar-refractivity contribution in [2.45, 2.75) is 20.3 Å². The van der Waals surface area contributed by atoms with Crippen molar-refractivity contribution in [2.75, 3.05) is 0 Å². The van der Waals surface area contributed by atoms with Crippen LogP contribution in [0.15, 0.2) is 40.8 Å². The Bertz CT molecular complexity index is 521. The van der Waals surface area contributed by atoms with Crippen LogP contribution in [0.3, 0.4) is 0 Å². The molecule has 2 rings (SSSR count). The molecule has 0 unspecified atom stereocenters. The maximum Gasteiger partial charge on any atom is 0.177 e. The first-order valence-electron chi connectivity index (χ1n) is 5.45. The summed E-state index contributed by atoms with van der Waals surface area (Å²) in [6.45, 7) is 4.13. The molecule has 16 heavy (non-hydrogen) atoms. The van der Waals surface area contributed by atoms with Crippen LogP contribution in [0.5, 0.6) is 0 Å². The number of hydrogen-bond donors (Lipinski definition) is 0. The van der Waals surface area contributed by atoms with E-state index < -0.39 is 0 Å². The molecule has 0 spiro atoms. The van der Waals surface area contributed by atoms with E-state index in [2.05, 4.69) is 37.8 Å². The lowest BCUT2D eigenvalue weighted by molar-refractivity contribution is 0.505. The third kappa shape index (κ3) is 2.55. The van der Waals surface area contributed by atoms with Gasteiger partial charge in [0, 0.05) is 12.0 Å². The normalized spacial score (nSPS) is 9.62. The lowest BCUT2D eigenvalue weighted by atomic mass is 10.1. The van der Waals surface area contributed by atoms with E-state index in [1.807, 2.05) is 24.3 Å². The average Bonchev–Trinajstić information content (AvgIpc) is 2.76.